The van der Waals surface area contributed by atoms with Gasteiger partial charge in [-0.1, -0.05) is 50.3 Å². The third-order valence-electron chi connectivity index (χ3n) is 6.88. The Hall–Kier alpha value is -3.31. The Bertz CT molecular complexity index is 1400. The van der Waals surface area contributed by atoms with Crippen LogP contribution in [0.25, 0.3) is 22.9 Å². The molecule has 1 nitrogen and oxygen atoms in total. The summed E-state index contributed by atoms with van der Waals surface area (Å²) in [6.07, 6.45) is 3.54. The molecule has 0 spiro atoms. The lowest BCUT2D eigenvalue weighted by Crippen LogP contribution is -2.21. The van der Waals surface area contributed by atoms with Crippen molar-refractivity contribution in [3.8, 4) is 11.8 Å². The van der Waals surface area contributed by atoms with Crippen LogP contribution < -0.4 is 0 Å². The molecule has 0 aromatic heterocycles. The Morgan fingerprint density at radius 2 is 1.67 bits per heavy atom. The van der Waals surface area contributed by atoms with E-state index in [0.29, 0.717) is 30.1 Å². The smallest absolute Gasteiger partial charge is 0.373 e. The zero-order valence-electron chi connectivity index (χ0n) is 21.3. The Kier molecular flexibility index (Phi) is 9.01. The second-order valence-electron chi connectivity index (χ2n) is 9.77. The monoisotopic (exact) mass is 548 g/mol. The molecule has 0 radical (unpaired) electrons. The van der Waals surface area contributed by atoms with Gasteiger partial charge in [0.2, 0.25) is 0 Å². The predicted molar refractivity (Wildman–Crippen MR) is 138 cm³/mol. The number of halogens is 7. The van der Waals surface area contributed by atoms with Crippen molar-refractivity contribution in [3.63, 3.8) is 0 Å². The molecule has 1 aliphatic rings. The van der Waals surface area contributed by atoms with Gasteiger partial charge in [-0.15, -0.1) is 0 Å². The van der Waals surface area contributed by atoms with Crippen molar-refractivity contribution < 1.29 is 35.5 Å². The van der Waals surface area contributed by atoms with E-state index in [-0.39, 0.29) is 22.4 Å². The van der Waals surface area contributed by atoms with Gasteiger partial charge in [-0.3, -0.25) is 0 Å². The lowest BCUT2D eigenvalue weighted by Gasteiger charge is -2.29. The summed E-state index contributed by atoms with van der Waals surface area (Å²) in [5.41, 5.74) is -0.443. The van der Waals surface area contributed by atoms with Gasteiger partial charge in [0.15, 0.2) is 0 Å². The first-order valence-corrected chi connectivity index (χ1v) is 12.9. The van der Waals surface area contributed by atoms with Crippen LogP contribution in [0.1, 0.15) is 73.8 Å². The molecular formula is C31H27F7O. The van der Waals surface area contributed by atoms with Gasteiger partial charge in [0.05, 0.1) is 18.3 Å². The topological polar surface area (TPSA) is 9.23 Å². The van der Waals surface area contributed by atoms with E-state index in [1.54, 1.807) is 0 Å². The Morgan fingerprint density at radius 3 is 2.31 bits per heavy atom. The summed E-state index contributed by atoms with van der Waals surface area (Å²) >= 11 is 0. The minimum absolute atomic E-state index is 0.0587. The highest BCUT2D eigenvalue weighted by molar-refractivity contribution is 5.88. The average molecular weight is 549 g/mol. The standard InChI is InChI=1S/C31H27F7O/c1-2-3-4-5-20-8-11-29(39-18-20)22-16-26(32)24(27(33)17-22)10-7-19-6-9-23-21(14-19)15-28(34)25(30(23)35)12-13-31(36,37)38/h6-7,9-10,14-17,20,29H,2-5,8,11,18H2,1H3/b10-7+. The zero-order chi connectivity index (χ0) is 28.2. The van der Waals surface area contributed by atoms with Gasteiger partial charge < -0.3 is 4.74 Å². The SMILES string of the molecule is CCCCCC1CCC(c2cc(F)c(/C=C/c3ccc4c(F)c(C#CC(F)(F)F)c(F)cc4c3)c(F)c2)OC1. The van der Waals surface area contributed by atoms with Gasteiger partial charge in [-0.05, 0) is 72.0 Å². The summed E-state index contributed by atoms with van der Waals surface area (Å²) in [6.45, 7) is 2.72. The maximum Gasteiger partial charge on any atom is 0.458 e. The average Bonchev–Trinajstić information content (AvgIpc) is 2.87. The quantitative estimate of drug-likeness (QED) is 0.124. The minimum Gasteiger partial charge on any atom is -0.373 e. The molecule has 4 rings (SSSR count). The lowest BCUT2D eigenvalue weighted by atomic mass is 9.90. The third kappa shape index (κ3) is 7.21. The number of hydrogen-bond donors (Lipinski definition) is 0. The van der Waals surface area contributed by atoms with E-state index in [4.69, 9.17) is 4.74 Å². The second-order valence-corrected chi connectivity index (χ2v) is 9.77. The van der Waals surface area contributed by atoms with E-state index in [2.05, 4.69) is 6.92 Å². The molecule has 0 saturated carbocycles. The molecule has 1 aliphatic heterocycles. The zero-order valence-corrected chi connectivity index (χ0v) is 21.3. The van der Waals surface area contributed by atoms with Gasteiger partial charge in [0.1, 0.15) is 23.3 Å². The van der Waals surface area contributed by atoms with E-state index < -0.39 is 35.0 Å². The largest absolute Gasteiger partial charge is 0.458 e. The maximum absolute atomic E-state index is 14.9. The molecule has 1 fully saturated rings. The first-order valence-electron chi connectivity index (χ1n) is 12.9. The Balaban J connectivity index is 1.50. The molecule has 0 N–H and O–H groups in total. The normalized spacial score (nSPS) is 17.9. The molecule has 39 heavy (non-hydrogen) atoms. The second kappa shape index (κ2) is 12.3. The summed E-state index contributed by atoms with van der Waals surface area (Å²) in [4.78, 5) is 0. The molecular weight excluding hydrogens is 521 g/mol. The fourth-order valence-corrected chi connectivity index (χ4v) is 4.81. The number of benzene rings is 3. The highest BCUT2D eigenvalue weighted by Gasteiger charge is 2.25. The Labute approximate surface area is 222 Å². The van der Waals surface area contributed by atoms with Crippen LogP contribution in [0.4, 0.5) is 30.7 Å². The fraction of sp³-hybridized carbons (Fsp3) is 0.355. The number of ether oxygens (including phenoxy) is 1. The highest BCUT2D eigenvalue weighted by Crippen LogP contribution is 2.34. The van der Waals surface area contributed by atoms with Gasteiger partial charge in [0.25, 0.3) is 0 Å². The van der Waals surface area contributed by atoms with Crippen LogP contribution in [0.15, 0.2) is 36.4 Å². The number of hydrogen-bond acceptors (Lipinski definition) is 1. The predicted octanol–water partition coefficient (Wildman–Crippen LogP) is 9.53. The molecule has 0 aliphatic carbocycles. The van der Waals surface area contributed by atoms with Crippen LogP contribution in [0.3, 0.4) is 0 Å². The van der Waals surface area contributed by atoms with Crippen molar-refractivity contribution in [2.24, 2.45) is 5.92 Å². The van der Waals surface area contributed by atoms with Gasteiger partial charge >= 0.3 is 6.18 Å². The number of fused-ring (bicyclic) bond motifs is 1. The maximum atomic E-state index is 14.9. The van der Waals surface area contributed by atoms with E-state index in [1.807, 2.05) is 0 Å². The van der Waals surface area contributed by atoms with Crippen LogP contribution in [0.5, 0.6) is 0 Å². The van der Waals surface area contributed by atoms with Crippen molar-refractivity contribution in [2.75, 3.05) is 6.61 Å². The molecule has 0 bridgehead atoms. The molecule has 0 amide bonds. The summed E-state index contributed by atoms with van der Waals surface area (Å²) in [7, 11) is 0. The molecule has 3 aromatic rings. The number of alkyl halides is 3. The summed E-state index contributed by atoms with van der Waals surface area (Å²) in [6, 6.07) is 7.39. The molecule has 1 heterocycles. The summed E-state index contributed by atoms with van der Waals surface area (Å²) in [5.74, 6) is -1.17. The molecule has 2 unspecified atom stereocenters. The molecule has 206 valence electrons. The van der Waals surface area contributed by atoms with Gasteiger partial charge in [-0.25, -0.2) is 17.6 Å². The minimum atomic E-state index is -4.90. The Morgan fingerprint density at radius 1 is 0.923 bits per heavy atom. The van der Waals surface area contributed by atoms with Crippen molar-refractivity contribution in [1.82, 2.24) is 0 Å². The molecule has 2 atom stereocenters. The van der Waals surface area contributed by atoms with Gasteiger partial charge in [0, 0.05) is 16.9 Å². The first kappa shape index (κ1) is 28.7. The number of rotatable bonds is 7. The summed E-state index contributed by atoms with van der Waals surface area (Å²) in [5, 5.41) is -0.0785. The van der Waals surface area contributed by atoms with Crippen molar-refractivity contribution >= 4 is 22.9 Å². The van der Waals surface area contributed by atoms with E-state index in [1.165, 1.54) is 54.8 Å². The molecule has 1 saturated heterocycles. The third-order valence-corrected chi connectivity index (χ3v) is 6.88. The van der Waals surface area contributed by atoms with Crippen molar-refractivity contribution in [2.45, 2.75) is 57.7 Å². The van der Waals surface area contributed by atoms with E-state index in [0.717, 1.165) is 37.7 Å². The highest BCUT2D eigenvalue weighted by atomic mass is 19.4. The number of unbranched alkanes of at least 4 members (excludes halogenated alkanes) is 2. The van der Waals surface area contributed by atoms with Crippen LogP contribution in [0.2, 0.25) is 0 Å². The van der Waals surface area contributed by atoms with Crippen LogP contribution in [0, 0.1) is 41.0 Å². The summed E-state index contributed by atoms with van der Waals surface area (Å²) < 4.78 is 102. The van der Waals surface area contributed by atoms with Crippen LogP contribution in [-0.4, -0.2) is 12.8 Å². The van der Waals surface area contributed by atoms with Crippen molar-refractivity contribution in [3.05, 3.63) is 81.9 Å². The molecule has 3 aromatic carbocycles. The lowest BCUT2D eigenvalue weighted by molar-refractivity contribution is -0.0696. The molecule has 8 heteroatoms. The van der Waals surface area contributed by atoms with Gasteiger partial charge in [-0.2, -0.15) is 13.2 Å². The van der Waals surface area contributed by atoms with Crippen LogP contribution in [-0.2, 0) is 4.74 Å². The van der Waals surface area contributed by atoms with E-state index >= 15 is 0 Å². The van der Waals surface area contributed by atoms with Crippen LogP contribution >= 0.6 is 0 Å². The van der Waals surface area contributed by atoms with E-state index in [9.17, 15) is 30.7 Å². The van der Waals surface area contributed by atoms with Crippen molar-refractivity contribution in [1.29, 1.82) is 0 Å². The fourth-order valence-electron chi connectivity index (χ4n) is 4.81. The first-order chi connectivity index (χ1) is 18.6.